The van der Waals surface area contributed by atoms with Crippen molar-refractivity contribution < 1.29 is 17.6 Å². The van der Waals surface area contributed by atoms with Gasteiger partial charge in [0.05, 0.1) is 10.6 Å². The highest BCUT2D eigenvalue weighted by Gasteiger charge is 2.16. The van der Waals surface area contributed by atoms with Gasteiger partial charge >= 0.3 is 0 Å². The molecular weight excluding hydrogens is 455 g/mol. The van der Waals surface area contributed by atoms with Gasteiger partial charge in [-0.2, -0.15) is 5.10 Å². The van der Waals surface area contributed by atoms with Crippen LogP contribution in [0, 0.1) is 12.7 Å². The summed E-state index contributed by atoms with van der Waals surface area (Å²) < 4.78 is 43.1. The van der Waals surface area contributed by atoms with Gasteiger partial charge in [-0.3, -0.25) is 9.52 Å². The first-order valence-corrected chi connectivity index (χ1v) is 12.1. The minimum atomic E-state index is -4.00. The Bertz CT molecular complexity index is 1400. The fourth-order valence-corrected chi connectivity index (χ4v) is 4.40. The van der Waals surface area contributed by atoms with E-state index in [0.29, 0.717) is 24.1 Å². The Morgan fingerprint density at radius 2 is 1.82 bits per heavy atom. The number of benzene rings is 3. The molecule has 0 saturated heterocycles. The molecule has 0 saturated carbocycles. The summed E-state index contributed by atoms with van der Waals surface area (Å²) in [5.41, 5.74) is 2.88. The van der Waals surface area contributed by atoms with E-state index in [-0.39, 0.29) is 16.5 Å². The second kappa shape index (κ2) is 9.88. The molecule has 9 heteroatoms. The fraction of sp³-hybridized carbons (Fsp3) is 0.120. The maximum Gasteiger partial charge on any atom is 0.261 e. The van der Waals surface area contributed by atoms with Crippen molar-refractivity contribution in [3.05, 3.63) is 108 Å². The van der Waals surface area contributed by atoms with Crippen LogP contribution in [0.3, 0.4) is 0 Å². The Balaban J connectivity index is 1.35. The number of hydrogen-bond donors (Lipinski definition) is 2. The lowest BCUT2D eigenvalue weighted by molar-refractivity contribution is 0.0954. The molecule has 4 rings (SSSR count). The largest absolute Gasteiger partial charge is 0.352 e. The van der Waals surface area contributed by atoms with Gasteiger partial charge in [0.1, 0.15) is 5.82 Å². The smallest absolute Gasteiger partial charge is 0.261 e. The fourth-order valence-electron chi connectivity index (χ4n) is 3.34. The minimum absolute atomic E-state index is 0.191. The van der Waals surface area contributed by atoms with Gasteiger partial charge < -0.3 is 5.32 Å². The van der Waals surface area contributed by atoms with Crippen LogP contribution >= 0.6 is 0 Å². The zero-order chi connectivity index (χ0) is 24.1. The maximum absolute atomic E-state index is 13.8. The number of anilines is 1. The monoisotopic (exact) mass is 478 g/mol. The first-order chi connectivity index (χ1) is 16.3. The van der Waals surface area contributed by atoms with Gasteiger partial charge in [-0.25, -0.2) is 17.5 Å². The number of amides is 1. The molecule has 0 spiro atoms. The van der Waals surface area contributed by atoms with E-state index in [4.69, 9.17) is 0 Å². The molecule has 0 aliphatic rings. The summed E-state index contributed by atoms with van der Waals surface area (Å²) in [6.45, 7) is 1.97. The summed E-state index contributed by atoms with van der Waals surface area (Å²) in [4.78, 5) is 12.4. The van der Waals surface area contributed by atoms with Crippen LogP contribution in [0.5, 0.6) is 0 Å². The first kappa shape index (κ1) is 23.2. The van der Waals surface area contributed by atoms with Crippen molar-refractivity contribution in [1.82, 2.24) is 15.1 Å². The van der Waals surface area contributed by atoms with Crippen LogP contribution in [0.2, 0.25) is 0 Å². The van der Waals surface area contributed by atoms with Crippen LogP contribution in [0.1, 0.15) is 21.5 Å². The Hall–Kier alpha value is -3.98. The predicted molar refractivity (Wildman–Crippen MR) is 128 cm³/mol. The van der Waals surface area contributed by atoms with Crippen molar-refractivity contribution in [3.63, 3.8) is 0 Å². The summed E-state index contributed by atoms with van der Waals surface area (Å²) >= 11 is 0. The van der Waals surface area contributed by atoms with Crippen molar-refractivity contribution in [3.8, 4) is 5.69 Å². The second-order valence-corrected chi connectivity index (χ2v) is 9.40. The lowest BCUT2D eigenvalue weighted by atomic mass is 10.1. The molecule has 0 atom stereocenters. The topological polar surface area (TPSA) is 93.1 Å². The zero-order valence-electron chi connectivity index (χ0n) is 18.4. The second-order valence-electron chi connectivity index (χ2n) is 7.72. The number of sulfonamides is 1. The van der Waals surface area contributed by atoms with E-state index in [2.05, 4.69) is 15.1 Å². The SMILES string of the molecule is Cc1ccc(S(=O)(=O)Nc2cccc(C(=O)NCCc3ccc(-n4cccn4)cc3)c2)cc1F. The molecule has 4 aromatic rings. The van der Waals surface area contributed by atoms with Gasteiger partial charge in [0.2, 0.25) is 0 Å². The van der Waals surface area contributed by atoms with Crippen molar-refractivity contribution in [2.75, 3.05) is 11.3 Å². The molecule has 3 aromatic carbocycles. The van der Waals surface area contributed by atoms with Gasteiger partial charge in [-0.15, -0.1) is 0 Å². The average Bonchev–Trinajstić information content (AvgIpc) is 3.36. The van der Waals surface area contributed by atoms with Crippen LogP contribution < -0.4 is 10.0 Å². The number of carbonyl (C=O) groups is 1. The molecule has 1 amide bonds. The van der Waals surface area contributed by atoms with Crippen molar-refractivity contribution in [2.24, 2.45) is 0 Å². The summed E-state index contributed by atoms with van der Waals surface area (Å²) in [5, 5.41) is 7.03. The standard InChI is InChI=1S/C25H23FN4O3S/c1-18-6-11-23(17-24(18)26)34(32,33)29-21-5-2-4-20(16-21)25(31)27-14-12-19-7-9-22(10-8-19)30-15-3-13-28-30/h2-11,13,15-17,29H,12,14H2,1H3,(H,27,31). The Morgan fingerprint density at radius 1 is 1.03 bits per heavy atom. The van der Waals surface area contributed by atoms with E-state index in [1.807, 2.05) is 36.5 Å². The molecule has 0 aliphatic carbocycles. The number of rotatable bonds is 8. The van der Waals surface area contributed by atoms with Gasteiger partial charge in [0.15, 0.2) is 0 Å². The lowest BCUT2D eigenvalue weighted by Gasteiger charge is -2.11. The van der Waals surface area contributed by atoms with E-state index < -0.39 is 15.8 Å². The van der Waals surface area contributed by atoms with Gasteiger partial charge in [0.25, 0.3) is 15.9 Å². The van der Waals surface area contributed by atoms with Crippen LogP contribution in [-0.2, 0) is 16.4 Å². The zero-order valence-corrected chi connectivity index (χ0v) is 19.2. The third-order valence-electron chi connectivity index (χ3n) is 5.24. The number of halogens is 1. The Kier molecular flexibility index (Phi) is 6.74. The van der Waals surface area contributed by atoms with E-state index in [1.165, 1.54) is 24.3 Å². The number of hydrogen-bond acceptors (Lipinski definition) is 4. The number of nitrogens with one attached hydrogen (secondary N) is 2. The van der Waals surface area contributed by atoms with Crippen molar-refractivity contribution in [2.45, 2.75) is 18.2 Å². The maximum atomic E-state index is 13.8. The van der Waals surface area contributed by atoms with E-state index in [1.54, 1.807) is 29.9 Å². The summed E-state index contributed by atoms with van der Waals surface area (Å²) in [6.07, 6.45) is 4.21. The first-order valence-electron chi connectivity index (χ1n) is 10.6. The molecule has 34 heavy (non-hydrogen) atoms. The quantitative estimate of drug-likeness (QED) is 0.399. The van der Waals surface area contributed by atoms with Crippen LogP contribution in [0.4, 0.5) is 10.1 Å². The summed E-state index contributed by atoms with van der Waals surface area (Å²) in [6, 6.07) is 19.6. The Labute approximate surface area is 197 Å². The molecular formula is C25H23FN4O3S. The van der Waals surface area contributed by atoms with Crippen LogP contribution in [-0.4, -0.2) is 30.7 Å². The molecule has 7 nitrogen and oxygen atoms in total. The van der Waals surface area contributed by atoms with E-state index >= 15 is 0 Å². The van der Waals surface area contributed by atoms with Gasteiger partial charge in [-0.1, -0.05) is 24.3 Å². The molecule has 1 heterocycles. The highest BCUT2D eigenvalue weighted by Crippen LogP contribution is 2.19. The average molecular weight is 479 g/mol. The molecule has 2 N–H and O–H groups in total. The molecule has 0 aliphatic heterocycles. The normalized spacial score (nSPS) is 11.2. The summed E-state index contributed by atoms with van der Waals surface area (Å²) in [7, 11) is -4.00. The van der Waals surface area contributed by atoms with Crippen LogP contribution in [0.15, 0.2) is 90.1 Å². The molecule has 0 bridgehead atoms. The van der Waals surface area contributed by atoms with Crippen molar-refractivity contribution >= 4 is 21.6 Å². The number of aromatic nitrogens is 2. The third kappa shape index (κ3) is 5.49. The molecule has 0 fully saturated rings. The minimum Gasteiger partial charge on any atom is -0.352 e. The number of carbonyl (C=O) groups excluding carboxylic acids is 1. The lowest BCUT2D eigenvalue weighted by Crippen LogP contribution is -2.25. The van der Waals surface area contributed by atoms with Gasteiger partial charge in [-0.05, 0) is 73.0 Å². The van der Waals surface area contributed by atoms with Crippen LogP contribution in [0.25, 0.3) is 5.69 Å². The number of aryl methyl sites for hydroxylation is 1. The molecule has 174 valence electrons. The molecule has 0 radical (unpaired) electrons. The van der Waals surface area contributed by atoms with Gasteiger partial charge in [0, 0.05) is 30.2 Å². The van der Waals surface area contributed by atoms with E-state index in [0.717, 1.165) is 17.3 Å². The highest BCUT2D eigenvalue weighted by molar-refractivity contribution is 7.92. The van der Waals surface area contributed by atoms with Crippen molar-refractivity contribution in [1.29, 1.82) is 0 Å². The molecule has 0 unspecified atom stereocenters. The molecule has 1 aromatic heterocycles. The summed E-state index contributed by atoms with van der Waals surface area (Å²) in [5.74, 6) is -0.928. The number of nitrogens with zero attached hydrogens (tertiary/aromatic N) is 2. The third-order valence-corrected chi connectivity index (χ3v) is 6.61. The van der Waals surface area contributed by atoms with E-state index in [9.17, 15) is 17.6 Å². The Morgan fingerprint density at radius 3 is 2.53 bits per heavy atom. The predicted octanol–water partition coefficient (Wildman–Crippen LogP) is 4.09. The highest BCUT2D eigenvalue weighted by atomic mass is 32.2.